The predicted molar refractivity (Wildman–Crippen MR) is 126 cm³/mol. The summed E-state index contributed by atoms with van der Waals surface area (Å²) >= 11 is 0. The number of methoxy groups -OCH3 is 1. The van der Waals surface area contributed by atoms with Gasteiger partial charge in [0.05, 0.1) is 23.3 Å². The van der Waals surface area contributed by atoms with E-state index in [1.165, 1.54) is 38.3 Å². The Hall–Kier alpha value is -3.44. The molecule has 10 nitrogen and oxygen atoms in total. The van der Waals surface area contributed by atoms with Gasteiger partial charge in [-0.25, -0.2) is 8.42 Å². The lowest BCUT2D eigenvalue weighted by Gasteiger charge is -2.15. The molecule has 34 heavy (non-hydrogen) atoms. The van der Waals surface area contributed by atoms with Crippen molar-refractivity contribution < 1.29 is 32.3 Å². The molecule has 0 bridgehead atoms. The maximum Gasteiger partial charge on any atom is 0.324 e. The van der Waals surface area contributed by atoms with Crippen LogP contribution in [0, 0.1) is 5.92 Å². The third-order valence-corrected chi connectivity index (χ3v) is 6.07. The van der Waals surface area contributed by atoms with Crippen LogP contribution >= 0.6 is 0 Å². The van der Waals surface area contributed by atoms with Crippen LogP contribution < -0.4 is 20.1 Å². The van der Waals surface area contributed by atoms with Crippen molar-refractivity contribution in [1.29, 1.82) is 0 Å². The van der Waals surface area contributed by atoms with Crippen molar-refractivity contribution in [2.75, 3.05) is 25.6 Å². The Morgan fingerprint density at radius 3 is 2.24 bits per heavy atom. The molecule has 1 atom stereocenters. The second kappa shape index (κ2) is 12.1. The molecule has 0 aromatic heterocycles. The highest BCUT2D eigenvalue weighted by Gasteiger charge is 2.24. The molecule has 0 aliphatic carbocycles. The molecule has 0 fully saturated rings. The summed E-state index contributed by atoms with van der Waals surface area (Å²) in [4.78, 5) is 36.8. The van der Waals surface area contributed by atoms with Crippen LogP contribution in [0.25, 0.3) is 0 Å². The van der Waals surface area contributed by atoms with Crippen molar-refractivity contribution in [2.24, 2.45) is 5.92 Å². The first-order valence-corrected chi connectivity index (χ1v) is 12.0. The number of sulfonamides is 1. The summed E-state index contributed by atoms with van der Waals surface area (Å²) in [6.45, 7) is 5.04. The fourth-order valence-electron chi connectivity index (χ4n) is 2.73. The Labute approximate surface area is 199 Å². The largest absolute Gasteiger partial charge is 0.497 e. The number of para-hydroxylation sites is 1. The summed E-state index contributed by atoms with van der Waals surface area (Å²) < 4.78 is 37.0. The number of benzene rings is 2. The fraction of sp³-hybridized carbons (Fsp3) is 0.348. The quantitative estimate of drug-likeness (QED) is 0.408. The maximum absolute atomic E-state index is 12.4. The van der Waals surface area contributed by atoms with E-state index in [0.717, 1.165) is 0 Å². The van der Waals surface area contributed by atoms with Gasteiger partial charge < -0.3 is 20.1 Å². The molecule has 2 amide bonds. The van der Waals surface area contributed by atoms with E-state index < -0.39 is 34.5 Å². The second-order valence-corrected chi connectivity index (χ2v) is 9.54. The number of hydrogen-bond acceptors (Lipinski definition) is 7. The first kappa shape index (κ1) is 26.8. The molecule has 0 saturated heterocycles. The normalized spacial score (nSPS) is 12.0. The zero-order chi connectivity index (χ0) is 25.3. The molecular weight excluding hydrogens is 462 g/mol. The van der Waals surface area contributed by atoms with Crippen molar-refractivity contribution in [2.45, 2.75) is 31.7 Å². The first-order valence-electron chi connectivity index (χ1n) is 10.5. The lowest BCUT2D eigenvalue weighted by molar-refractivity contribution is -0.148. The van der Waals surface area contributed by atoms with E-state index in [-0.39, 0.29) is 28.0 Å². The zero-order valence-corrected chi connectivity index (χ0v) is 20.3. The van der Waals surface area contributed by atoms with Crippen LogP contribution in [0.15, 0.2) is 53.4 Å². The Morgan fingerprint density at radius 2 is 1.62 bits per heavy atom. The minimum Gasteiger partial charge on any atom is -0.497 e. The number of hydrogen-bond donors (Lipinski definition) is 3. The Kier molecular flexibility index (Phi) is 9.58. The van der Waals surface area contributed by atoms with Crippen molar-refractivity contribution >= 4 is 33.5 Å². The molecule has 0 heterocycles. The van der Waals surface area contributed by atoms with Crippen LogP contribution in [0.1, 0.15) is 31.1 Å². The van der Waals surface area contributed by atoms with Gasteiger partial charge in [-0.3, -0.25) is 14.4 Å². The third kappa shape index (κ3) is 7.85. The average molecular weight is 492 g/mol. The van der Waals surface area contributed by atoms with Gasteiger partial charge in [-0.1, -0.05) is 26.0 Å². The molecular formula is C23H29N3O7S. The fourth-order valence-corrected chi connectivity index (χ4v) is 3.93. The van der Waals surface area contributed by atoms with Crippen LogP contribution in [0.4, 0.5) is 5.69 Å². The van der Waals surface area contributed by atoms with Crippen molar-refractivity contribution in [3.63, 3.8) is 0 Å². The van der Waals surface area contributed by atoms with E-state index in [2.05, 4.69) is 15.4 Å². The Morgan fingerprint density at radius 1 is 0.971 bits per heavy atom. The molecule has 2 rings (SSSR count). The zero-order valence-electron chi connectivity index (χ0n) is 19.5. The Balaban J connectivity index is 1.92. The molecule has 0 aliphatic heterocycles. The molecule has 184 valence electrons. The van der Waals surface area contributed by atoms with E-state index in [1.807, 2.05) is 13.8 Å². The SMILES string of the molecule is COc1ccc(S(=O)(=O)N[C@@H](C)C(=O)OCC(=O)Nc2ccccc2C(=O)NCC(C)C)cc1. The standard InChI is InChI=1S/C23H29N3O7S/c1-15(2)13-24-22(28)19-7-5-6-8-20(19)25-21(27)14-33-23(29)16(3)26-34(30,31)18-11-9-17(32-4)10-12-18/h5-12,15-16,26H,13-14H2,1-4H3,(H,24,28)(H,25,27)/t16-/m0/s1. The van der Waals surface area contributed by atoms with Gasteiger partial charge in [0.1, 0.15) is 11.8 Å². The minimum atomic E-state index is -3.99. The molecule has 2 aromatic rings. The first-order chi connectivity index (χ1) is 16.0. The van der Waals surface area contributed by atoms with Crippen LogP contribution in [-0.4, -0.2) is 52.5 Å². The van der Waals surface area contributed by atoms with Gasteiger partial charge in [0.2, 0.25) is 10.0 Å². The molecule has 0 saturated carbocycles. The third-order valence-electron chi connectivity index (χ3n) is 4.52. The number of rotatable bonds is 11. The number of carbonyl (C=O) groups is 3. The van der Waals surface area contributed by atoms with E-state index in [4.69, 9.17) is 9.47 Å². The van der Waals surface area contributed by atoms with Crippen LogP contribution in [0.5, 0.6) is 5.75 Å². The molecule has 0 radical (unpaired) electrons. The number of esters is 1. The molecule has 0 aliphatic rings. The number of carbonyl (C=O) groups excluding carboxylic acids is 3. The van der Waals surface area contributed by atoms with Gasteiger partial charge in [-0.15, -0.1) is 0 Å². The van der Waals surface area contributed by atoms with Crippen LogP contribution in [0.2, 0.25) is 0 Å². The van der Waals surface area contributed by atoms with E-state index >= 15 is 0 Å². The molecule has 0 spiro atoms. The van der Waals surface area contributed by atoms with Crippen molar-refractivity contribution in [3.05, 3.63) is 54.1 Å². The lowest BCUT2D eigenvalue weighted by Crippen LogP contribution is -2.40. The summed E-state index contributed by atoms with van der Waals surface area (Å²) in [7, 11) is -2.54. The van der Waals surface area contributed by atoms with Gasteiger partial charge in [-0.05, 0) is 49.2 Å². The number of ether oxygens (including phenoxy) is 2. The van der Waals surface area contributed by atoms with Crippen molar-refractivity contribution in [1.82, 2.24) is 10.0 Å². The van der Waals surface area contributed by atoms with Crippen LogP contribution in [0.3, 0.4) is 0 Å². The van der Waals surface area contributed by atoms with Gasteiger partial charge in [0.15, 0.2) is 6.61 Å². The summed E-state index contributed by atoms with van der Waals surface area (Å²) in [6.07, 6.45) is 0. The van der Waals surface area contributed by atoms with Gasteiger partial charge in [0.25, 0.3) is 11.8 Å². The summed E-state index contributed by atoms with van der Waals surface area (Å²) in [6, 6.07) is 10.8. The monoisotopic (exact) mass is 491 g/mol. The summed E-state index contributed by atoms with van der Waals surface area (Å²) in [5, 5.41) is 5.30. The highest BCUT2D eigenvalue weighted by molar-refractivity contribution is 7.89. The second-order valence-electron chi connectivity index (χ2n) is 7.82. The highest BCUT2D eigenvalue weighted by Crippen LogP contribution is 2.16. The van der Waals surface area contributed by atoms with Crippen molar-refractivity contribution in [3.8, 4) is 5.75 Å². The van der Waals surface area contributed by atoms with Gasteiger partial charge >= 0.3 is 5.97 Å². The highest BCUT2D eigenvalue weighted by atomic mass is 32.2. The van der Waals surface area contributed by atoms with Gasteiger partial charge in [0, 0.05) is 6.54 Å². The molecule has 0 unspecified atom stereocenters. The predicted octanol–water partition coefficient (Wildman–Crippen LogP) is 1.93. The number of nitrogens with one attached hydrogen (secondary N) is 3. The number of amides is 2. The summed E-state index contributed by atoms with van der Waals surface area (Å²) in [5.41, 5.74) is 0.529. The Bertz CT molecular complexity index is 1120. The number of anilines is 1. The molecule has 3 N–H and O–H groups in total. The van der Waals surface area contributed by atoms with E-state index in [0.29, 0.717) is 12.3 Å². The maximum atomic E-state index is 12.4. The summed E-state index contributed by atoms with van der Waals surface area (Å²) in [5.74, 6) is -1.22. The average Bonchev–Trinajstić information content (AvgIpc) is 2.81. The van der Waals surface area contributed by atoms with Crippen LogP contribution in [-0.2, 0) is 24.3 Å². The topological polar surface area (TPSA) is 140 Å². The lowest BCUT2D eigenvalue weighted by atomic mass is 10.1. The van der Waals surface area contributed by atoms with Gasteiger partial charge in [-0.2, -0.15) is 4.72 Å². The smallest absolute Gasteiger partial charge is 0.324 e. The minimum absolute atomic E-state index is 0.0574. The van der Waals surface area contributed by atoms with E-state index in [9.17, 15) is 22.8 Å². The molecule has 11 heteroatoms. The van der Waals surface area contributed by atoms with E-state index in [1.54, 1.807) is 24.3 Å². The molecule has 2 aromatic carbocycles.